The third-order valence-corrected chi connectivity index (χ3v) is 5.06. The molecule has 1 aromatic heterocycles. The molecule has 1 saturated heterocycles. The van der Waals surface area contributed by atoms with Gasteiger partial charge in [-0.1, -0.05) is 0 Å². The van der Waals surface area contributed by atoms with Crippen LogP contribution >= 0.6 is 11.3 Å². The number of hydrazine groups is 1. The van der Waals surface area contributed by atoms with Crippen LogP contribution in [0.3, 0.4) is 0 Å². The summed E-state index contributed by atoms with van der Waals surface area (Å²) in [7, 11) is 0. The van der Waals surface area contributed by atoms with Crippen LogP contribution in [0.5, 0.6) is 0 Å². The van der Waals surface area contributed by atoms with Gasteiger partial charge in [-0.05, 0) is 38.0 Å². The fraction of sp³-hybridized carbons (Fsp3) is 0.750. The summed E-state index contributed by atoms with van der Waals surface area (Å²) in [5.74, 6) is 6.31. The van der Waals surface area contributed by atoms with Crippen molar-refractivity contribution in [1.29, 1.82) is 0 Å². The first-order chi connectivity index (χ1) is 8.33. The largest absolute Gasteiger partial charge is 0.375 e. The second-order valence-corrected chi connectivity index (χ2v) is 6.10. The normalized spacial score (nSPS) is 28.9. The molecule has 1 aliphatic carbocycles. The lowest BCUT2D eigenvalue weighted by atomic mass is 9.70. The highest BCUT2D eigenvalue weighted by Gasteiger charge is 2.44. The van der Waals surface area contributed by atoms with Crippen LogP contribution in [0.25, 0.3) is 0 Å². The maximum absolute atomic E-state index is 5.96. The number of thiazole rings is 1. The van der Waals surface area contributed by atoms with E-state index in [4.69, 9.17) is 10.6 Å². The van der Waals surface area contributed by atoms with Crippen molar-refractivity contribution in [1.82, 2.24) is 10.4 Å². The van der Waals surface area contributed by atoms with Gasteiger partial charge in [0, 0.05) is 17.7 Å². The topological polar surface area (TPSA) is 60.2 Å². The highest BCUT2D eigenvalue weighted by molar-refractivity contribution is 7.09. The fourth-order valence-corrected chi connectivity index (χ4v) is 3.87. The minimum atomic E-state index is 0.183. The lowest BCUT2D eigenvalue weighted by Crippen LogP contribution is -2.48. The molecule has 2 atom stereocenters. The van der Waals surface area contributed by atoms with Gasteiger partial charge in [0.25, 0.3) is 0 Å². The molecule has 1 saturated carbocycles. The molecule has 0 aromatic carbocycles. The fourth-order valence-electron chi connectivity index (χ4n) is 3.10. The summed E-state index contributed by atoms with van der Waals surface area (Å²) in [4.78, 5) is 5.39. The molecule has 1 spiro atoms. The van der Waals surface area contributed by atoms with Crippen molar-refractivity contribution in [3.05, 3.63) is 16.6 Å². The van der Waals surface area contributed by atoms with Crippen LogP contribution in [0.2, 0.25) is 0 Å². The maximum atomic E-state index is 5.96. The zero-order valence-corrected chi connectivity index (χ0v) is 10.7. The van der Waals surface area contributed by atoms with Gasteiger partial charge in [0.1, 0.15) is 0 Å². The summed E-state index contributed by atoms with van der Waals surface area (Å²) in [6.07, 6.45) is 7.92. The van der Waals surface area contributed by atoms with Gasteiger partial charge < -0.3 is 4.74 Å². The van der Waals surface area contributed by atoms with Gasteiger partial charge in [-0.15, -0.1) is 11.3 Å². The highest BCUT2D eigenvalue weighted by atomic mass is 32.1. The quantitative estimate of drug-likeness (QED) is 0.639. The molecular weight excluding hydrogens is 234 g/mol. The highest BCUT2D eigenvalue weighted by Crippen LogP contribution is 2.47. The van der Waals surface area contributed by atoms with E-state index in [0.29, 0.717) is 5.92 Å². The Bertz CT molecular complexity index is 364. The summed E-state index contributed by atoms with van der Waals surface area (Å²) >= 11 is 1.68. The van der Waals surface area contributed by atoms with Crippen LogP contribution < -0.4 is 11.3 Å². The molecule has 2 heterocycles. The Kier molecular flexibility index (Phi) is 3.17. The summed E-state index contributed by atoms with van der Waals surface area (Å²) in [5.41, 5.74) is 5.03. The average molecular weight is 253 g/mol. The van der Waals surface area contributed by atoms with Crippen LogP contribution in [0.4, 0.5) is 0 Å². The zero-order chi connectivity index (χ0) is 11.7. The summed E-state index contributed by atoms with van der Waals surface area (Å²) in [5, 5.41) is 0. The minimum Gasteiger partial charge on any atom is -0.375 e. The molecule has 2 unspecified atom stereocenters. The zero-order valence-electron chi connectivity index (χ0n) is 9.89. The van der Waals surface area contributed by atoms with Gasteiger partial charge in [-0.2, -0.15) is 0 Å². The molecule has 0 bridgehead atoms. The Balaban J connectivity index is 1.73. The second-order valence-electron chi connectivity index (χ2n) is 5.19. The molecule has 0 amide bonds. The molecule has 17 heavy (non-hydrogen) atoms. The number of hydrogen-bond donors (Lipinski definition) is 2. The molecular formula is C12H19N3OS. The van der Waals surface area contributed by atoms with E-state index < -0.39 is 0 Å². The lowest BCUT2D eigenvalue weighted by Gasteiger charge is -2.48. The van der Waals surface area contributed by atoms with E-state index in [1.165, 1.54) is 24.1 Å². The van der Waals surface area contributed by atoms with Crippen LogP contribution in [-0.2, 0) is 4.74 Å². The molecule has 2 fully saturated rings. The van der Waals surface area contributed by atoms with Gasteiger partial charge >= 0.3 is 0 Å². The number of rotatable bonds is 3. The smallest absolute Gasteiger partial charge is 0.0794 e. The Morgan fingerprint density at radius 2 is 2.47 bits per heavy atom. The van der Waals surface area contributed by atoms with E-state index in [-0.39, 0.29) is 11.6 Å². The summed E-state index contributed by atoms with van der Waals surface area (Å²) in [6.45, 7) is 0.877. The van der Waals surface area contributed by atoms with Gasteiger partial charge in [-0.3, -0.25) is 16.3 Å². The maximum Gasteiger partial charge on any atom is 0.0794 e. The predicted octanol–water partition coefficient (Wildman–Crippen LogP) is 2.00. The Hall–Kier alpha value is -0.490. The second kappa shape index (κ2) is 4.65. The van der Waals surface area contributed by atoms with Crippen LogP contribution in [0.15, 0.2) is 11.7 Å². The van der Waals surface area contributed by atoms with Gasteiger partial charge in [0.15, 0.2) is 0 Å². The average Bonchev–Trinajstić information content (AvgIpc) is 2.82. The third-order valence-electron chi connectivity index (χ3n) is 4.20. The molecule has 5 heteroatoms. The van der Waals surface area contributed by atoms with Crippen molar-refractivity contribution >= 4 is 11.3 Å². The first-order valence-corrected chi connectivity index (χ1v) is 7.19. The third kappa shape index (κ3) is 2.12. The van der Waals surface area contributed by atoms with Gasteiger partial charge in [-0.25, -0.2) is 0 Å². The van der Waals surface area contributed by atoms with Crippen molar-refractivity contribution in [3.63, 3.8) is 0 Å². The van der Waals surface area contributed by atoms with Gasteiger partial charge in [0.05, 0.1) is 17.2 Å². The number of nitrogens with one attached hydrogen (secondary N) is 1. The number of aromatic nitrogens is 1. The molecule has 3 rings (SSSR count). The van der Waals surface area contributed by atoms with Crippen LogP contribution in [0, 0.1) is 5.92 Å². The van der Waals surface area contributed by atoms with E-state index in [2.05, 4.69) is 10.4 Å². The molecule has 1 aliphatic heterocycles. The van der Waals surface area contributed by atoms with E-state index in [9.17, 15) is 0 Å². The van der Waals surface area contributed by atoms with Crippen molar-refractivity contribution in [3.8, 4) is 0 Å². The molecule has 3 N–H and O–H groups in total. The van der Waals surface area contributed by atoms with E-state index in [1.54, 1.807) is 11.3 Å². The standard InChI is InChI=1S/C12H19N3OS/c13-15-11(10-7-14-8-17-10)9-2-5-16-12(6-9)3-1-4-12/h7-9,11,15H,1-6,13H2. The Labute approximate surface area is 106 Å². The summed E-state index contributed by atoms with van der Waals surface area (Å²) in [6, 6.07) is 0.240. The van der Waals surface area contributed by atoms with Crippen molar-refractivity contribution in [2.45, 2.75) is 43.7 Å². The van der Waals surface area contributed by atoms with Crippen LogP contribution in [0.1, 0.15) is 43.0 Å². The van der Waals surface area contributed by atoms with E-state index in [1.807, 2.05) is 11.7 Å². The van der Waals surface area contributed by atoms with E-state index >= 15 is 0 Å². The molecule has 2 aliphatic rings. The summed E-state index contributed by atoms with van der Waals surface area (Å²) < 4.78 is 5.96. The van der Waals surface area contributed by atoms with Crippen molar-refractivity contribution in [2.24, 2.45) is 11.8 Å². The van der Waals surface area contributed by atoms with Gasteiger partial charge in [0.2, 0.25) is 0 Å². The Morgan fingerprint density at radius 1 is 1.59 bits per heavy atom. The first kappa shape index (κ1) is 11.6. The minimum absolute atomic E-state index is 0.183. The number of nitrogens with zero attached hydrogens (tertiary/aromatic N) is 1. The number of nitrogens with two attached hydrogens (primary N) is 1. The lowest BCUT2D eigenvalue weighted by molar-refractivity contribution is -0.147. The molecule has 1 aromatic rings. The Morgan fingerprint density at radius 3 is 3.06 bits per heavy atom. The number of ether oxygens (including phenoxy) is 1. The number of hydrogen-bond acceptors (Lipinski definition) is 5. The monoisotopic (exact) mass is 253 g/mol. The molecule has 0 radical (unpaired) electrons. The van der Waals surface area contributed by atoms with Crippen molar-refractivity contribution < 1.29 is 4.74 Å². The SMILES string of the molecule is NNC(c1cncs1)C1CCOC2(CCC2)C1. The van der Waals surface area contributed by atoms with Crippen molar-refractivity contribution in [2.75, 3.05) is 6.61 Å². The first-order valence-electron chi connectivity index (χ1n) is 6.31. The molecule has 4 nitrogen and oxygen atoms in total. The van der Waals surface area contributed by atoms with Crippen LogP contribution in [-0.4, -0.2) is 17.2 Å². The molecule has 94 valence electrons. The predicted molar refractivity (Wildman–Crippen MR) is 67.4 cm³/mol. The van der Waals surface area contributed by atoms with E-state index in [0.717, 1.165) is 19.4 Å².